The number of nitrogens with zero attached hydrogens (tertiary/aromatic N) is 1. The van der Waals surface area contributed by atoms with Crippen LogP contribution >= 0.6 is 0 Å². The van der Waals surface area contributed by atoms with Crippen molar-refractivity contribution in [2.75, 3.05) is 0 Å². The molecule has 7 nitrogen and oxygen atoms in total. The Labute approximate surface area is 161 Å². The summed E-state index contributed by atoms with van der Waals surface area (Å²) in [6.45, 7) is 1.51. The number of hydrogen-bond acceptors (Lipinski definition) is 5. The lowest BCUT2D eigenvalue weighted by molar-refractivity contribution is -0.150. The van der Waals surface area contributed by atoms with Crippen LogP contribution in [0.2, 0.25) is 0 Å². The van der Waals surface area contributed by atoms with E-state index >= 15 is 0 Å². The third-order valence-corrected chi connectivity index (χ3v) is 5.78. The summed E-state index contributed by atoms with van der Waals surface area (Å²) in [6, 6.07) is 14.8. The average molecular weight is 380 g/mol. The molecule has 0 saturated carbocycles. The van der Waals surface area contributed by atoms with Gasteiger partial charge in [-0.1, -0.05) is 48.5 Å². The van der Waals surface area contributed by atoms with E-state index in [1.807, 2.05) is 30.3 Å². The molecule has 144 valence electrons. The Morgan fingerprint density at radius 3 is 2.36 bits per heavy atom. The van der Waals surface area contributed by atoms with Gasteiger partial charge in [0.25, 0.3) is 0 Å². The molecule has 2 aliphatic heterocycles. The molecule has 0 radical (unpaired) electrons. The summed E-state index contributed by atoms with van der Waals surface area (Å²) in [7, 11) is 0. The lowest BCUT2D eigenvalue weighted by atomic mass is 9.80. The molecule has 28 heavy (non-hydrogen) atoms. The first-order valence-electron chi connectivity index (χ1n) is 9.02. The second-order valence-electron chi connectivity index (χ2n) is 7.44. The van der Waals surface area contributed by atoms with Crippen molar-refractivity contribution in [2.24, 2.45) is 11.8 Å². The molecule has 7 heteroatoms. The van der Waals surface area contributed by atoms with Gasteiger partial charge in [0.2, 0.25) is 11.8 Å². The Bertz CT molecular complexity index is 960. The number of nitrogens with one attached hydrogen (secondary N) is 1. The van der Waals surface area contributed by atoms with Gasteiger partial charge in [-0.25, -0.2) is 0 Å². The minimum absolute atomic E-state index is 0.0462. The number of para-hydroxylation sites is 1. The number of likely N-dealkylation sites (tertiary alicyclic amines) is 1. The highest BCUT2D eigenvalue weighted by Crippen LogP contribution is 2.50. The predicted octanol–water partition coefficient (Wildman–Crippen LogP) is 1.68. The van der Waals surface area contributed by atoms with E-state index in [1.165, 1.54) is 13.0 Å². The molecule has 0 aromatic heterocycles. The zero-order chi connectivity index (χ0) is 20.1. The zero-order valence-corrected chi connectivity index (χ0v) is 15.2. The van der Waals surface area contributed by atoms with Crippen LogP contribution in [0.1, 0.15) is 24.1 Å². The van der Waals surface area contributed by atoms with Gasteiger partial charge in [-0.05, 0) is 18.6 Å². The molecule has 0 aliphatic carbocycles. The number of hydrogen-bond donors (Lipinski definition) is 3. The van der Waals surface area contributed by atoms with E-state index in [9.17, 15) is 24.6 Å². The van der Waals surface area contributed by atoms with Crippen molar-refractivity contribution in [3.05, 3.63) is 65.7 Å². The highest BCUT2D eigenvalue weighted by molar-refractivity contribution is 6.09. The monoisotopic (exact) mass is 380 g/mol. The Hall–Kier alpha value is -3.19. The molecular weight excluding hydrogens is 360 g/mol. The number of carboxylic acid groups (broad SMARTS) is 1. The van der Waals surface area contributed by atoms with Crippen LogP contribution in [-0.4, -0.2) is 38.4 Å². The molecule has 2 heterocycles. The molecule has 2 aromatic carbocycles. The van der Waals surface area contributed by atoms with E-state index in [0.29, 0.717) is 5.56 Å². The van der Waals surface area contributed by atoms with Gasteiger partial charge in [0, 0.05) is 11.6 Å². The van der Waals surface area contributed by atoms with Crippen molar-refractivity contribution >= 4 is 17.8 Å². The lowest BCUT2D eigenvalue weighted by Crippen LogP contribution is -2.53. The molecule has 0 spiro atoms. The first kappa shape index (κ1) is 18.2. The van der Waals surface area contributed by atoms with Gasteiger partial charge in [0.05, 0.1) is 18.4 Å². The smallest absolute Gasteiger partial charge is 0.324 e. The Morgan fingerprint density at radius 2 is 1.71 bits per heavy atom. The Morgan fingerprint density at radius 1 is 1.07 bits per heavy atom. The fourth-order valence-electron chi connectivity index (χ4n) is 4.33. The van der Waals surface area contributed by atoms with Crippen LogP contribution in [0.4, 0.5) is 0 Å². The molecule has 0 bridgehead atoms. The van der Waals surface area contributed by atoms with Gasteiger partial charge in [-0.2, -0.15) is 0 Å². The molecule has 4 atom stereocenters. The number of carboxylic acids is 1. The molecule has 2 fully saturated rings. The standard InChI is InChI=1S/C21H20N2O5/c1-21(20(27)28)16-15(17(22-21)13-9-5-6-10-14(13)24)18(25)23(19(16)26)11-12-7-3-2-4-8-12/h2-10,15-17,22,24H,11H2,1H3,(H,27,28)/t15-,16-,17-,21+/m1/s1. The largest absolute Gasteiger partial charge is 0.508 e. The van der Waals surface area contributed by atoms with E-state index in [1.54, 1.807) is 18.2 Å². The van der Waals surface area contributed by atoms with Gasteiger partial charge in [-0.3, -0.25) is 24.6 Å². The fourth-order valence-corrected chi connectivity index (χ4v) is 4.33. The minimum atomic E-state index is -1.62. The molecule has 2 aliphatic rings. The lowest BCUT2D eigenvalue weighted by Gasteiger charge is -2.27. The summed E-state index contributed by atoms with van der Waals surface area (Å²) >= 11 is 0. The van der Waals surface area contributed by atoms with E-state index in [4.69, 9.17) is 0 Å². The summed E-state index contributed by atoms with van der Waals surface area (Å²) in [4.78, 5) is 39.5. The van der Waals surface area contributed by atoms with Crippen molar-refractivity contribution in [3.8, 4) is 5.75 Å². The third kappa shape index (κ3) is 2.58. The topological polar surface area (TPSA) is 107 Å². The molecule has 2 amide bonds. The molecule has 4 rings (SSSR count). The summed E-state index contributed by atoms with van der Waals surface area (Å²) in [5, 5.41) is 23.0. The number of carbonyl (C=O) groups is 3. The molecular formula is C21H20N2O5. The third-order valence-electron chi connectivity index (χ3n) is 5.78. The van der Waals surface area contributed by atoms with Gasteiger partial charge in [-0.15, -0.1) is 0 Å². The second-order valence-corrected chi connectivity index (χ2v) is 7.44. The number of phenolic OH excluding ortho intramolecular Hbond substituents is 1. The van der Waals surface area contributed by atoms with Crippen molar-refractivity contribution < 1.29 is 24.6 Å². The molecule has 2 aromatic rings. The highest BCUT2D eigenvalue weighted by Gasteiger charge is 2.66. The van der Waals surface area contributed by atoms with Crippen LogP contribution in [0.3, 0.4) is 0 Å². The van der Waals surface area contributed by atoms with Crippen LogP contribution in [0.25, 0.3) is 0 Å². The van der Waals surface area contributed by atoms with Crippen LogP contribution in [0.15, 0.2) is 54.6 Å². The first-order chi connectivity index (χ1) is 13.3. The highest BCUT2D eigenvalue weighted by atomic mass is 16.4. The first-order valence-corrected chi connectivity index (χ1v) is 9.02. The maximum absolute atomic E-state index is 13.2. The molecule has 3 N–H and O–H groups in total. The van der Waals surface area contributed by atoms with Crippen molar-refractivity contribution in [3.63, 3.8) is 0 Å². The Balaban J connectivity index is 1.76. The summed E-state index contributed by atoms with van der Waals surface area (Å²) in [5.41, 5.74) is -0.422. The van der Waals surface area contributed by atoms with Crippen molar-refractivity contribution in [2.45, 2.75) is 25.0 Å². The minimum Gasteiger partial charge on any atom is -0.508 e. The Kier molecular flexibility index (Phi) is 4.19. The molecule has 0 unspecified atom stereocenters. The van der Waals surface area contributed by atoms with Crippen LogP contribution in [0.5, 0.6) is 5.75 Å². The summed E-state index contributed by atoms with van der Waals surface area (Å²) < 4.78 is 0. The van der Waals surface area contributed by atoms with Crippen LogP contribution in [-0.2, 0) is 20.9 Å². The van der Waals surface area contributed by atoms with E-state index in [-0.39, 0.29) is 12.3 Å². The van der Waals surface area contributed by atoms with E-state index < -0.39 is 41.2 Å². The number of fused-ring (bicyclic) bond motifs is 1. The number of carbonyl (C=O) groups excluding carboxylic acids is 2. The van der Waals surface area contributed by atoms with Gasteiger partial charge in [0.1, 0.15) is 11.3 Å². The van der Waals surface area contributed by atoms with E-state index in [2.05, 4.69) is 5.32 Å². The normalized spacial score (nSPS) is 29.2. The number of aliphatic carboxylic acids is 1. The number of imide groups is 1. The number of amides is 2. The maximum Gasteiger partial charge on any atom is 0.324 e. The predicted molar refractivity (Wildman–Crippen MR) is 99.0 cm³/mol. The summed E-state index contributed by atoms with van der Waals surface area (Å²) in [6.07, 6.45) is 0. The van der Waals surface area contributed by atoms with Crippen LogP contribution in [0, 0.1) is 11.8 Å². The molecule has 2 saturated heterocycles. The fraction of sp³-hybridized carbons (Fsp3) is 0.286. The SMILES string of the molecule is C[C@]1(C(=O)O)N[C@H](c2ccccc2O)[C@@H]2C(=O)N(Cc3ccccc3)C(=O)[C@@H]21. The number of phenols is 1. The average Bonchev–Trinajstić information content (AvgIpc) is 3.12. The summed E-state index contributed by atoms with van der Waals surface area (Å²) in [5.74, 6) is -4.13. The van der Waals surface area contributed by atoms with E-state index in [0.717, 1.165) is 10.5 Å². The number of aromatic hydroxyl groups is 1. The van der Waals surface area contributed by atoms with Gasteiger partial charge >= 0.3 is 5.97 Å². The van der Waals surface area contributed by atoms with Gasteiger partial charge < -0.3 is 10.2 Å². The van der Waals surface area contributed by atoms with Gasteiger partial charge in [0.15, 0.2) is 0 Å². The maximum atomic E-state index is 13.2. The van der Waals surface area contributed by atoms with Crippen LogP contribution < -0.4 is 5.32 Å². The number of rotatable bonds is 4. The van der Waals surface area contributed by atoms with Crippen molar-refractivity contribution in [1.82, 2.24) is 10.2 Å². The number of benzene rings is 2. The van der Waals surface area contributed by atoms with Crippen molar-refractivity contribution in [1.29, 1.82) is 0 Å². The zero-order valence-electron chi connectivity index (χ0n) is 15.2. The quantitative estimate of drug-likeness (QED) is 0.697. The second kappa shape index (κ2) is 6.45.